The summed E-state index contributed by atoms with van der Waals surface area (Å²) in [5.41, 5.74) is 7.44. The molecule has 142 valence electrons. The third-order valence-corrected chi connectivity index (χ3v) is 5.48. The van der Waals surface area contributed by atoms with E-state index in [0.717, 1.165) is 6.42 Å². The zero-order chi connectivity index (χ0) is 19.3. The largest absolute Gasteiger partial charge is 0.369 e. The van der Waals surface area contributed by atoms with Gasteiger partial charge in [-0.05, 0) is 42.5 Å². The number of carbonyl (C=O) groups is 1. The standard InChI is InChI=1S/C19H18FN7O/c20-11-3-5-12(6-4-11)24-19-26-17-15(22-8-23-17)18(27-19)25-14-10-2-1-9(7-10)13(14)16(21)28/h1-6,8-10,13-14H,7H2,(H2,21,28)(H3,22,23,24,25,26,27). The Morgan fingerprint density at radius 1 is 1.18 bits per heavy atom. The van der Waals surface area contributed by atoms with Gasteiger partial charge in [-0.3, -0.25) is 4.79 Å². The summed E-state index contributed by atoms with van der Waals surface area (Å²) in [5, 5.41) is 6.45. The Labute approximate surface area is 159 Å². The van der Waals surface area contributed by atoms with Crippen molar-refractivity contribution in [2.45, 2.75) is 12.5 Å². The first-order chi connectivity index (χ1) is 13.6. The summed E-state index contributed by atoms with van der Waals surface area (Å²) in [7, 11) is 0. The third kappa shape index (κ3) is 2.75. The molecule has 3 aromatic rings. The molecule has 2 aliphatic carbocycles. The SMILES string of the molecule is NC(=O)C1C2C=CC(C2)C1Nc1nc(Nc2ccc(F)cc2)nc2nc[nH]c12. The molecule has 8 nitrogen and oxygen atoms in total. The van der Waals surface area contributed by atoms with Crippen LogP contribution in [0.1, 0.15) is 6.42 Å². The molecule has 4 unspecified atom stereocenters. The lowest BCUT2D eigenvalue weighted by Gasteiger charge is -2.27. The van der Waals surface area contributed by atoms with E-state index in [9.17, 15) is 9.18 Å². The van der Waals surface area contributed by atoms with Crippen LogP contribution in [0.15, 0.2) is 42.7 Å². The van der Waals surface area contributed by atoms with Crippen molar-refractivity contribution in [3.63, 3.8) is 0 Å². The predicted molar refractivity (Wildman–Crippen MR) is 102 cm³/mol. The van der Waals surface area contributed by atoms with Gasteiger partial charge in [0.1, 0.15) is 11.3 Å². The minimum absolute atomic E-state index is 0.132. The Balaban J connectivity index is 1.48. The number of halogens is 1. The number of aromatic amines is 1. The Morgan fingerprint density at radius 2 is 1.96 bits per heavy atom. The van der Waals surface area contributed by atoms with Crippen molar-refractivity contribution in [2.75, 3.05) is 10.6 Å². The van der Waals surface area contributed by atoms with Gasteiger partial charge in [0.05, 0.1) is 12.2 Å². The van der Waals surface area contributed by atoms with Gasteiger partial charge in [0.15, 0.2) is 11.5 Å². The van der Waals surface area contributed by atoms with Crippen molar-refractivity contribution in [3.8, 4) is 0 Å². The maximum atomic E-state index is 13.1. The summed E-state index contributed by atoms with van der Waals surface area (Å²) in [5.74, 6) is 0.343. The number of primary amides is 1. The van der Waals surface area contributed by atoms with Gasteiger partial charge in [-0.15, -0.1) is 0 Å². The highest BCUT2D eigenvalue weighted by Crippen LogP contribution is 2.45. The van der Waals surface area contributed by atoms with Crippen LogP contribution in [0.2, 0.25) is 0 Å². The Hall–Kier alpha value is -3.49. The molecule has 0 aliphatic heterocycles. The number of nitrogens with two attached hydrogens (primary N) is 1. The molecule has 0 spiro atoms. The first-order valence-electron chi connectivity index (χ1n) is 9.06. The molecule has 9 heteroatoms. The molecule has 2 aromatic heterocycles. The van der Waals surface area contributed by atoms with E-state index in [0.29, 0.717) is 28.6 Å². The highest BCUT2D eigenvalue weighted by Gasteiger charge is 2.47. The number of benzene rings is 1. The van der Waals surface area contributed by atoms with Crippen LogP contribution >= 0.6 is 0 Å². The minimum Gasteiger partial charge on any atom is -0.369 e. The van der Waals surface area contributed by atoms with Gasteiger partial charge in [-0.2, -0.15) is 9.97 Å². The molecule has 1 fully saturated rings. The molecular weight excluding hydrogens is 361 g/mol. The molecule has 0 radical (unpaired) electrons. The lowest BCUT2D eigenvalue weighted by molar-refractivity contribution is -0.122. The highest BCUT2D eigenvalue weighted by atomic mass is 19.1. The van der Waals surface area contributed by atoms with Gasteiger partial charge in [-0.25, -0.2) is 9.37 Å². The third-order valence-electron chi connectivity index (χ3n) is 5.48. The fourth-order valence-corrected chi connectivity index (χ4v) is 4.22. The number of hydrogen-bond donors (Lipinski definition) is 4. The average molecular weight is 379 g/mol. The van der Waals surface area contributed by atoms with Crippen molar-refractivity contribution < 1.29 is 9.18 Å². The van der Waals surface area contributed by atoms with Crippen LogP contribution in [-0.4, -0.2) is 31.9 Å². The number of H-pyrrole nitrogens is 1. The number of fused-ring (bicyclic) bond motifs is 3. The number of anilines is 3. The fourth-order valence-electron chi connectivity index (χ4n) is 4.22. The van der Waals surface area contributed by atoms with Crippen LogP contribution in [0.4, 0.5) is 21.8 Å². The van der Waals surface area contributed by atoms with Crippen LogP contribution in [-0.2, 0) is 4.79 Å². The molecule has 28 heavy (non-hydrogen) atoms. The summed E-state index contributed by atoms with van der Waals surface area (Å²) < 4.78 is 13.1. The van der Waals surface area contributed by atoms with Crippen molar-refractivity contribution >= 4 is 34.5 Å². The predicted octanol–water partition coefficient (Wildman–Crippen LogP) is 2.32. The van der Waals surface area contributed by atoms with Gasteiger partial charge >= 0.3 is 0 Å². The second-order valence-electron chi connectivity index (χ2n) is 7.18. The molecule has 2 aliphatic rings. The van der Waals surface area contributed by atoms with E-state index in [4.69, 9.17) is 5.73 Å². The molecule has 1 amide bonds. The molecular formula is C19H18FN7O. The molecule has 2 heterocycles. The smallest absolute Gasteiger partial charge is 0.231 e. The van der Waals surface area contributed by atoms with Gasteiger partial charge in [0.2, 0.25) is 11.9 Å². The van der Waals surface area contributed by atoms with Crippen molar-refractivity contribution in [1.82, 2.24) is 19.9 Å². The van der Waals surface area contributed by atoms with E-state index < -0.39 is 0 Å². The van der Waals surface area contributed by atoms with Gasteiger partial charge in [-0.1, -0.05) is 12.2 Å². The Bertz CT molecular complexity index is 1080. The maximum Gasteiger partial charge on any atom is 0.231 e. The van der Waals surface area contributed by atoms with E-state index >= 15 is 0 Å². The summed E-state index contributed by atoms with van der Waals surface area (Å²) in [6.45, 7) is 0. The number of amides is 1. The molecule has 2 bridgehead atoms. The normalized spacial score (nSPS) is 25.3. The average Bonchev–Trinajstić information content (AvgIpc) is 3.39. The monoisotopic (exact) mass is 379 g/mol. The number of aromatic nitrogens is 4. The quantitative estimate of drug-likeness (QED) is 0.505. The van der Waals surface area contributed by atoms with Crippen LogP contribution in [0, 0.1) is 23.6 Å². The molecule has 5 N–H and O–H groups in total. The minimum atomic E-state index is -0.321. The topological polar surface area (TPSA) is 122 Å². The molecule has 1 saturated carbocycles. The van der Waals surface area contributed by atoms with E-state index in [1.165, 1.54) is 12.1 Å². The number of imidazole rings is 1. The first-order valence-corrected chi connectivity index (χ1v) is 9.06. The lowest BCUT2D eigenvalue weighted by Crippen LogP contribution is -2.41. The summed E-state index contributed by atoms with van der Waals surface area (Å²) in [4.78, 5) is 28.2. The summed E-state index contributed by atoms with van der Waals surface area (Å²) >= 11 is 0. The van der Waals surface area contributed by atoms with Crippen molar-refractivity contribution in [2.24, 2.45) is 23.5 Å². The van der Waals surface area contributed by atoms with Gasteiger partial charge in [0, 0.05) is 11.7 Å². The lowest BCUT2D eigenvalue weighted by atomic mass is 9.88. The van der Waals surface area contributed by atoms with Gasteiger partial charge < -0.3 is 21.4 Å². The number of nitrogens with one attached hydrogen (secondary N) is 3. The van der Waals surface area contributed by atoms with E-state index in [1.54, 1.807) is 18.5 Å². The van der Waals surface area contributed by atoms with Crippen LogP contribution in [0.3, 0.4) is 0 Å². The van der Waals surface area contributed by atoms with E-state index in [2.05, 4.69) is 42.7 Å². The molecule has 5 rings (SSSR count). The Kier molecular flexibility index (Phi) is 3.75. The van der Waals surface area contributed by atoms with Crippen LogP contribution in [0.25, 0.3) is 11.2 Å². The van der Waals surface area contributed by atoms with E-state index in [-0.39, 0.29) is 35.5 Å². The number of allylic oxidation sites excluding steroid dienone is 1. The number of carbonyl (C=O) groups excluding carboxylic acids is 1. The maximum absolute atomic E-state index is 13.1. The fraction of sp³-hybridized carbons (Fsp3) is 0.263. The molecule has 0 saturated heterocycles. The summed E-state index contributed by atoms with van der Waals surface area (Å²) in [6, 6.07) is 5.78. The number of hydrogen-bond acceptors (Lipinski definition) is 6. The molecule has 1 aromatic carbocycles. The first kappa shape index (κ1) is 16.7. The van der Waals surface area contributed by atoms with E-state index in [1.807, 2.05) is 0 Å². The summed E-state index contributed by atoms with van der Waals surface area (Å²) in [6.07, 6.45) is 6.65. The zero-order valence-electron chi connectivity index (χ0n) is 14.8. The van der Waals surface area contributed by atoms with Crippen molar-refractivity contribution in [1.29, 1.82) is 0 Å². The number of rotatable bonds is 5. The molecule has 4 atom stereocenters. The highest BCUT2D eigenvalue weighted by molar-refractivity contribution is 5.85. The van der Waals surface area contributed by atoms with Crippen LogP contribution < -0.4 is 16.4 Å². The van der Waals surface area contributed by atoms with Crippen LogP contribution in [0.5, 0.6) is 0 Å². The zero-order valence-corrected chi connectivity index (χ0v) is 14.8. The second-order valence-corrected chi connectivity index (χ2v) is 7.18. The van der Waals surface area contributed by atoms with Gasteiger partial charge in [0.25, 0.3) is 0 Å². The second kappa shape index (κ2) is 6.29. The van der Waals surface area contributed by atoms with Crippen molar-refractivity contribution in [3.05, 3.63) is 48.6 Å². The number of nitrogens with zero attached hydrogens (tertiary/aromatic N) is 3. The Morgan fingerprint density at radius 3 is 2.75 bits per heavy atom.